The van der Waals surface area contributed by atoms with Gasteiger partial charge in [-0.3, -0.25) is 4.79 Å². The number of esters is 1. The van der Waals surface area contributed by atoms with Gasteiger partial charge in [0.15, 0.2) is 13.3 Å². The van der Waals surface area contributed by atoms with Crippen molar-refractivity contribution in [3.05, 3.63) is 77.1 Å². The molecule has 4 aromatic rings. The van der Waals surface area contributed by atoms with E-state index in [1.807, 2.05) is 36.4 Å². The Hall–Kier alpha value is -3.74. The minimum absolute atomic E-state index is 0.274. The molecule has 1 aromatic heterocycles. The van der Waals surface area contributed by atoms with Crippen LogP contribution in [-0.2, 0) is 16.3 Å². The molecule has 4 rings (SSSR count). The first-order valence-electron chi connectivity index (χ1n) is 8.31. The van der Waals surface area contributed by atoms with Crippen molar-refractivity contribution in [3.8, 4) is 5.75 Å². The molecule has 1 heterocycles. The van der Waals surface area contributed by atoms with Gasteiger partial charge in [0.25, 0.3) is 5.56 Å². The van der Waals surface area contributed by atoms with Crippen LogP contribution < -0.4 is 10.3 Å². The number of carbonyl (C=O) groups excluding carboxylic acids is 1. The van der Waals surface area contributed by atoms with Crippen molar-refractivity contribution in [2.75, 3.05) is 6.61 Å². The maximum Gasteiger partial charge on any atom is 0.345 e. The van der Waals surface area contributed by atoms with E-state index in [9.17, 15) is 9.59 Å². The molecule has 134 valence electrons. The summed E-state index contributed by atoms with van der Waals surface area (Å²) in [6, 6.07) is 20.2. The smallest absolute Gasteiger partial charge is 0.345 e. The maximum absolute atomic E-state index is 12.3. The van der Waals surface area contributed by atoms with Gasteiger partial charge in [0.05, 0.1) is 5.39 Å². The second-order valence-corrected chi connectivity index (χ2v) is 5.82. The number of aromatic nitrogens is 3. The van der Waals surface area contributed by atoms with Crippen LogP contribution in [0.1, 0.15) is 0 Å². The van der Waals surface area contributed by atoms with Crippen molar-refractivity contribution in [3.63, 3.8) is 0 Å². The largest absolute Gasteiger partial charge is 0.481 e. The van der Waals surface area contributed by atoms with Gasteiger partial charge in [-0.1, -0.05) is 53.7 Å². The molecule has 0 fully saturated rings. The van der Waals surface area contributed by atoms with Crippen molar-refractivity contribution >= 4 is 27.6 Å². The predicted molar refractivity (Wildman–Crippen MR) is 99.3 cm³/mol. The molecule has 0 unspecified atom stereocenters. The molecule has 0 aliphatic carbocycles. The lowest BCUT2D eigenvalue weighted by molar-refractivity contribution is -0.150. The summed E-state index contributed by atoms with van der Waals surface area (Å²) < 4.78 is 11.7. The highest BCUT2D eigenvalue weighted by Gasteiger charge is 2.10. The summed E-state index contributed by atoms with van der Waals surface area (Å²) in [7, 11) is 0. The highest BCUT2D eigenvalue weighted by molar-refractivity contribution is 5.88. The summed E-state index contributed by atoms with van der Waals surface area (Å²) in [6.07, 6.45) is 0. The van der Waals surface area contributed by atoms with Crippen LogP contribution in [0.2, 0.25) is 0 Å². The maximum atomic E-state index is 12.3. The lowest BCUT2D eigenvalue weighted by atomic mass is 10.1. The van der Waals surface area contributed by atoms with Crippen LogP contribution in [0.4, 0.5) is 0 Å². The number of fused-ring (bicyclic) bond motifs is 2. The van der Waals surface area contributed by atoms with E-state index >= 15 is 0 Å². The second kappa shape index (κ2) is 7.25. The van der Waals surface area contributed by atoms with E-state index < -0.39 is 5.97 Å². The molecule has 27 heavy (non-hydrogen) atoms. The molecule has 0 N–H and O–H groups in total. The minimum Gasteiger partial charge on any atom is -0.481 e. The quantitative estimate of drug-likeness (QED) is 0.508. The van der Waals surface area contributed by atoms with Gasteiger partial charge in [-0.25, -0.2) is 4.79 Å². The highest BCUT2D eigenvalue weighted by Crippen LogP contribution is 2.24. The van der Waals surface area contributed by atoms with Crippen molar-refractivity contribution in [1.29, 1.82) is 0 Å². The van der Waals surface area contributed by atoms with E-state index in [2.05, 4.69) is 10.3 Å². The molecule has 0 aliphatic rings. The molecule has 0 amide bonds. The summed E-state index contributed by atoms with van der Waals surface area (Å²) in [6.45, 7) is -0.599. The number of rotatable bonds is 5. The predicted octanol–water partition coefficient (Wildman–Crippen LogP) is 2.52. The molecule has 0 aliphatic heterocycles. The van der Waals surface area contributed by atoms with Crippen LogP contribution in [0.5, 0.6) is 5.75 Å². The minimum atomic E-state index is -0.607. The van der Waals surface area contributed by atoms with Crippen LogP contribution in [0, 0.1) is 0 Å². The number of nitrogens with zero attached hydrogens (tertiary/aromatic N) is 3. The monoisotopic (exact) mass is 361 g/mol. The Morgan fingerprint density at radius 2 is 1.67 bits per heavy atom. The molecule has 3 aromatic carbocycles. The Labute approximate surface area is 153 Å². The molecular weight excluding hydrogens is 346 g/mol. The average molecular weight is 361 g/mol. The van der Waals surface area contributed by atoms with Gasteiger partial charge >= 0.3 is 5.97 Å². The van der Waals surface area contributed by atoms with Crippen molar-refractivity contribution in [2.45, 2.75) is 6.73 Å². The first-order valence-corrected chi connectivity index (χ1v) is 8.31. The summed E-state index contributed by atoms with van der Waals surface area (Å²) in [5.41, 5.74) is 0.118. The fraction of sp³-hybridized carbons (Fsp3) is 0.100. The van der Waals surface area contributed by atoms with Gasteiger partial charge in [-0.05, 0) is 23.6 Å². The molecule has 0 bridgehead atoms. The Morgan fingerprint density at radius 3 is 2.56 bits per heavy atom. The zero-order valence-electron chi connectivity index (χ0n) is 14.2. The normalized spacial score (nSPS) is 10.8. The second-order valence-electron chi connectivity index (χ2n) is 5.82. The third-order valence-corrected chi connectivity index (χ3v) is 4.07. The average Bonchev–Trinajstić information content (AvgIpc) is 2.72. The van der Waals surface area contributed by atoms with Crippen molar-refractivity contribution < 1.29 is 14.3 Å². The molecule has 0 spiro atoms. The van der Waals surface area contributed by atoms with Gasteiger partial charge in [-0.15, -0.1) is 5.10 Å². The number of hydrogen-bond donors (Lipinski definition) is 0. The number of benzene rings is 3. The van der Waals surface area contributed by atoms with E-state index in [0.29, 0.717) is 16.7 Å². The van der Waals surface area contributed by atoms with Gasteiger partial charge in [0, 0.05) is 5.39 Å². The van der Waals surface area contributed by atoms with E-state index in [1.165, 1.54) is 0 Å². The van der Waals surface area contributed by atoms with Crippen molar-refractivity contribution in [1.82, 2.24) is 15.0 Å². The fourth-order valence-electron chi connectivity index (χ4n) is 2.74. The van der Waals surface area contributed by atoms with Crippen LogP contribution in [0.25, 0.3) is 21.7 Å². The van der Waals surface area contributed by atoms with Crippen molar-refractivity contribution in [2.24, 2.45) is 0 Å². The van der Waals surface area contributed by atoms with Crippen LogP contribution in [0.15, 0.2) is 71.5 Å². The number of carbonyl (C=O) groups is 1. The Bertz CT molecular complexity index is 1180. The van der Waals surface area contributed by atoms with Gasteiger partial charge in [0.1, 0.15) is 11.3 Å². The van der Waals surface area contributed by atoms with E-state index in [0.717, 1.165) is 15.5 Å². The first-order chi connectivity index (χ1) is 13.2. The molecule has 0 saturated heterocycles. The zero-order valence-corrected chi connectivity index (χ0v) is 14.2. The Morgan fingerprint density at radius 1 is 0.926 bits per heavy atom. The third kappa shape index (κ3) is 3.48. The molecule has 0 radical (unpaired) electrons. The molecule has 7 heteroatoms. The zero-order chi connectivity index (χ0) is 18.6. The summed E-state index contributed by atoms with van der Waals surface area (Å²) in [5.74, 6) is -0.0162. The van der Waals surface area contributed by atoms with E-state index in [-0.39, 0.29) is 18.9 Å². The third-order valence-electron chi connectivity index (χ3n) is 4.07. The summed E-state index contributed by atoms with van der Waals surface area (Å²) in [5, 5.41) is 10.0. The Kier molecular flexibility index (Phi) is 4.49. The summed E-state index contributed by atoms with van der Waals surface area (Å²) >= 11 is 0. The number of ether oxygens (including phenoxy) is 2. The van der Waals surface area contributed by atoms with Crippen LogP contribution >= 0.6 is 0 Å². The highest BCUT2D eigenvalue weighted by atomic mass is 16.6. The molecule has 0 atom stereocenters. The fourth-order valence-corrected chi connectivity index (χ4v) is 2.74. The standard InChI is InChI=1S/C20H15N3O4/c24-19(12-26-18-11-5-7-14-6-1-2-8-15(14)18)27-13-23-20(25)16-9-3-4-10-17(16)21-22-23/h1-11H,12-13H2. The molecule has 0 saturated carbocycles. The van der Waals surface area contributed by atoms with Gasteiger partial charge < -0.3 is 9.47 Å². The SMILES string of the molecule is O=C(COc1cccc2ccccc12)OCn1nnc2ccccc2c1=O. The lowest BCUT2D eigenvalue weighted by Crippen LogP contribution is -2.27. The molecule has 7 nitrogen and oxygen atoms in total. The van der Waals surface area contributed by atoms with E-state index in [1.54, 1.807) is 30.3 Å². The lowest BCUT2D eigenvalue weighted by Gasteiger charge is -2.10. The first kappa shape index (κ1) is 16.7. The van der Waals surface area contributed by atoms with Crippen LogP contribution in [0.3, 0.4) is 0 Å². The van der Waals surface area contributed by atoms with Gasteiger partial charge in [0.2, 0.25) is 0 Å². The number of hydrogen-bond acceptors (Lipinski definition) is 6. The van der Waals surface area contributed by atoms with E-state index in [4.69, 9.17) is 9.47 Å². The Balaban J connectivity index is 1.41. The molecular formula is C20H15N3O4. The topological polar surface area (TPSA) is 83.3 Å². The summed E-state index contributed by atoms with van der Waals surface area (Å²) in [4.78, 5) is 24.3. The van der Waals surface area contributed by atoms with Gasteiger partial charge in [-0.2, -0.15) is 4.68 Å². The van der Waals surface area contributed by atoms with Crippen LogP contribution in [-0.4, -0.2) is 27.6 Å².